The van der Waals surface area contributed by atoms with Crippen LogP contribution in [-0.2, 0) is 16.0 Å². The second kappa shape index (κ2) is 8.14. The Morgan fingerprint density at radius 2 is 2.05 bits per heavy atom. The zero-order chi connectivity index (χ0) is 15.0. The number of hydrogen-bond donors (Lipinski definition) is 0. The Morgan fingerprint density at radius 3 is 2.60 bits per heavy atom. The molecule has 0 radical (unpaired) electrons. The molecule has 0 saturated heterocycles. The minimum Gasteiger partial charge on any atom is -0.497 e. The average Bonchev–Trinajstić information content (AvgIpc) is 2.47. The Labute approximate surface area is 118 Å². The van der Waals surface area contributed by atoms with Crippen LogP contribution in [0.15, 0.2) is 23.4 Å². The number of nitrogens with zero attached hydrogens (tertiary/aromatic N) is 1. The molecule has 1 aromatic carbocycles. The van der Waals surface area contributed by atoms with E-state index in [0.29, 0.717) is 17.9 Å². The molecule has 0 fully saturated rings. The topological polar surface area (TPSA) is 74.2 Å². The van der Waals surface area contributed by atoms with E-state index < -0.39 is 12.0 Å². The maximum absolute atomic E-state index is 11.5. The predicted molar refractivity (Wildman–Crippen MR) is 74.1 cm³/mol. The van der Waals surface area contributed by atoms with Gasteiger partial charge in [0.25, 0.3) is 0 Å². The third-order valence-corrected chi connectivity index (χ3v) is 2.86. The number of hydrogen-bond acceptors (Lipinski definition) is 6. The van der Waals surface area contributed by atoms with Gasteiger partial charge in [0.2, 0.25) is 0 Å². The first kappa shape index (κ1) is 15.9. The van der Waals surface area contributed by atoms with Gasteiger partial charge in [-0.1, -0.05) is 5.18 Å². The first-order chi connectivity index (χ1) is 9.65. The molecular weight excluding hydrogens is 262 g/mol. The fourth-order valence-corrected chi connectivity index (χ4v) is 1.82. The second-order valence-electron chi connectivity index (χ2n) is 4.09. The van der Waals surface area contributed by atoms with E-state index in [1.807, 2.05) is 6.07 Å². The van der Waals surface area contributed by atoms with E-state index in [9.17, 15) is 9.70 Å². The van der Waals surface area contributed by atoms with Crippen LogP contribution in [0.2, 0.25) is 0 Å². The Kier molecular flexibility index (Phi) is 6.49. The molecule has 0 amide bonds. The molecule has 0 N–H and O–H groups in total. The van der Waals surface area contributed by atoms with Gasteiger partial charge in [0.15, 0.2) is 6.04 Å². The molecule has 0 aliphatic heterocycles. The summed E-state index contributed by atoms with van der Waals surface area (Å²) in [5, 5.41) is 2.82. The highest BCUT2D eigenvalue weighted by atomic mass is 16.5. The molecule has 1 rings (SSSR count). The first-order valence-electron chi connectivity index (χ1n) is 6.36. The summed E-state index contributed by atoms with van der Waals surface area (Å²) in [6.07, 6.45) is 0.738. The number of aryl methyl sites for hydroxylation is 1. The Balaban J connectivity index is 2.76. The Bertz CT molecular complexity index is 461. The largest absolute Gasteiger partial charge is 0.497 e. The van der Waals surface area contributed by atoms with E-state index in [1.54, 1.807) is 33.3 Å². The van der Waals surface area contributed by atoms with Crippen molar-refractivity contribution < 1.29 is 19.0 Å². The molecule has 0 spiro atoms. The van der Waals surface area contributed by atoms with Crippen molar-refractivity contribution in [3.8, 4) is 11.5 Å². The second-order valence-corrected chi connectivity index (χ2v) is 4.09. The average molecular weight is 281 g/mol. The summed E-state index contributed by atoms with van der Waals surface area (Å²) >= 11 is 0. The summed E-state index contributed by atoms with van der Waals surface area (Å²) in [6, 6.07) is 4.38. The van der Waals surface area contributed by atoms with Crippen LogP contribution in [0.1, 0.15) is 18.9 Å². The minimum absolute atomic E-state index is 0.229. The van der Waals surface area contributed by atoms with Crippen molar-refractivity contribution in [2.45, 2.75) is 25.8 Å². The number of esters is 1. The van der Waals surface area contributed by atoms with Crippen LogP contribution in [-0.4, -0.2) is 32.8 Å². The molecule has 0 aromatic heterocycles. The maximum Gasteiger partial charge on any atom is 0.334 e. The quantitative estimate of drug-likeness (QED) is 0.540. The molecule has 1 atom stereocenters. The van der Waals surface area contributed by atoms with Gasteiger partial charge in [-0.25, -0.2) is 4.79 Å². The fraction of sp³-hybridized carbons (Fsp3) is 0.500. The van der Waals surface area contributed by atoms with Crippen LogP contribution in [0.4, 0.5) is 0 Å². The summed E-state index contributed by atoms with van der Waals surface area (Å²) in [5.41, 5.74) is 0.852. The van der Waals surface area contributed by atoms with Crippen LogP contribution in [0.5, 0.6) is 11.5 Å². The lowest BCUT2D eigenvalue weighted by Crippen LogP contribution is -2.21. The molecule has 1 unspecified atom stereocenters. The number of carbonyl (C=O) groups is 1. The Morgan fingerprint density at radius 1 is 1.30 bits per heavy atom. The minimum atomic E-state index is -0.995. The van der Waals surface area contributed by atoms with Crippen LogP contribution in [0.3, 0.4) is 0 Å². The van der Waals surface area contributed by atoms with Gasteiger partial charge >= 0.3 is 5.97 Å². The van der Waals surface area contributed by atoms with Gasteiger partial charge in [-0.2, -0.15) is 0 Å². The lowest BCUT2D eigenvalue weighted by molar-refractivity contribution is -0.144. The summed E-state index contributed by atoms with van der Waals surface area (Å²) in [7, 11) is 3.13. The molecule has 6 heteroatoms. The first-order valence-corrected chi connectivity index (χ1v) is 6.36. The lowest BCUT2D eigenvalue weighted by Gasteiger charge is -2.12. The number of ether oxygens (including phenoxy) is 3. The highest BCUT2D eigenvalue weighted by molar-refractivity contribution is 5.75. The van der Waals surface area contributed by atoms with Crippen LogP contribution in [0, 0.1) is 4.91 Å². The van der Waals surface area contributed by atoms with Crippen LogP contribution >= 0.6 is 0 Å². The molecule has 0 aliphatic rings. The van der Waals surface area contributed by atoms with E-state index in [-0.39, 0.29) is 13.0 Å². The molecule has 0 heterocycles. The smallest absolute Gasteiger partial charge is 0.334 e. The van der Waals surface area contributed by atoms with Crippen LogP contribution < -0.4 is 9.47 Å². The zero-order valence-electron chi connectivity index (χ0n) is 11.9. The predicted octanol–water partition coefficient (Wildman–Crippen LogP) is 2.33. The number of benzene rings is 1. The van der Waals surface area contributed by atoms with Gasteiger partial charge in [-0.15, -0.1) is 4.91 Å². The number of carbonyl (C=O) groups excluding carboxylic acids is 1. The van der Waals surface area contributed by atoms with E-state index >= 15 is 0 Å². The van der Waals surface area contributed by atoms with E-state index in [4.69, 9.17) is 14.2 Å². The maximum atomic E-state index is 11.5. The molecule has 110 valence electrons. The van der Waals surface area contributed by atoms with Crippen molar-refractivity contribution in [1.82, 2.24) is 0 Å². The molecule has 0 bridgehead atoms. The third-order valence-electron chi connectivity index (χ3n) is 2.86. The standard InChI is InChI=1S/C14H19NO5/c1-4-20-14(16)12(15-17)7-5-10-9-11(18-2)6-8-13(10)19-3/h6,8-9,12H,4-5,7H2,1-3H3. The van der Waals surface area contributed by atoms with Gasteiger partial charge in [-0.3, -0.25) is 0 Å². The highest BCUT2D eigenvalue weighted by Crippen LogP contribution is 2.25. The fourth-order valence-electron chi connectivity index (χ4n) is 1.82. The molecule has 0 saturated carbocycles. The number of methoxy groups -OCH3 is 2. The van der Waals surface area contributed by atoms with Crippen molar-refractivity contribution in [3.05, 3.63) is 28.7 Å². The van der Waals surface area contributed by atoms with Gasteiger partial charge in [-0.05, 0) is 43.5 Å². The molecule has 1 aromatic rings. The van der Waals surface area contributed by atoms with Crippen molar-refractivity contribution in [1.29, 1.82) is 0 Å². The summed E-state index contributed by atoms with van der Waals surface area (Å²) in [5.74, 6) is 0.774. The van der Waals surface area contributed by atoms with Crippen molar-refractivity contribution >= 4 is 5.97 Å². The summed E-state index contributed by atoms with van der Waals surface area (Å²) < 4.78 is 15.2. The number of rotatable bonds is 8. The summed E-state index contributed by atoms with van der Waals surface area (Å²) in [4.78, 5) is 22.2. The van der Waals surface area contributed by atoms with Gasteiger partial charge < -0.3 is 14.2 Å². The zero-order valence-corrected chi connectivity index (χ0v) is 11.9. The molecule has 20 heavy (non-hydrogen) atoms. The van der Waals surface area contributed by atoms with Gasteiger partial charge in [0, 0.05) is 0 Å². The number of nitroso groups, excluding NO2 is 1. The normalized spacial score (nSPS) is 11.6. The highest BCUT2D eigenvalue weighted by Gasteiger charge is 2.21. The van der Waals surface area contributed by atoms with Gasteiger partial charge in [0.05, 0.1) is 20.8 Å². The molecule has 0 aliphatic carbocycles. The third kappa shape index (κ3) is 4.22. The van der Waals surface area contributed by atoms with E-state index in [1.165, 1.54) is 0 Å². The van der Waals surface area contributed by atoms with Crippen molar-refractivity contribution in [2.75, 3.05) is 20.8 Å². The lowest BCUT2D eigenvalue weighted by atomic mass is 10.0. The van der Waals surface area contributed by atoms with E-state index in [2.05, 4.69) is 5.18 Å². The van der Waals surface area contributed by atoms with Crippen LogP contribution in [0.25, 0.3) is 0 Å². The SMILES string of the molecule is CCOC(=O)C(CCc1cc(OC)ccc1OC)N=O. The summed E-state index contributed by atoms with van der Waals surface area (Å²) in [6.45, 7) is 1.91. The Hall–Kier alpha value is -2.11. The van der Waals surface area contributed by atoms with Crippen molar-refractivity contribution in [2.24, 2.45) is 5.18 Å². The molecule has 6 nitrogen and oxygen atoms in total. The monoisotopic (exact) mass is 281 g/mol. The van der Waals surface area contributed by atoms with Crippen molar-refractivity contribution in [3.63, 3.8) is 0 Å². The molecular formula is C14H19NO5. The van der Waals surface area contributed by atoms with Gasteiger partial charge in [0.1, 0.15) is 11.5 Å². The van der Waals surface area contributed by atoms with E-state index in [0.717, 1.165) is 5.56 Å².